The standard InChI is InChI=1S/C20H22ClNO4/c1-14-4-3-5-18(15(14)2)25-13-20(24)26-12-19(23)22-11-10-16-6-8-17(21)9-7-16/h3-9H,10-13H2,1-2H3,(H,22,23). The summed E-state index contributed by atoms with van der Waals surface area (Å²) in [5.41, 5.74) is 3.12. The predicted octanol–water partition coefficient (Wildman–Crippen LogP) is 3.24. The monoisotopic (exact) mass is 375 g/mol. The molecule has 0 radical (unpaired) electrons. The average molecular weight is 376 g/mol. The number of amides is 1. The molecule has 0 fully saturated rings. The summed E-state index contributed by atoms with van der Waals surface area (Å²) in [6, 6.07) is 13.0. The Kier molecular flexibility index (Phi) is 7.48. The zero-order valence-corrected chi connectivity index (χ0v) is 15.6. The molecule has 26 heavy (non-hydrogen) atoms. The first-order chi connectivity index (χ1) is 12.5. The first-order valence-electron chi connectivity index (χ1n) is 8.31. The van der Waals surface area contributed by atoms with Gasteiger partial charge in [0.2, 0.25) is 0 Å². The van der Waals surface area contributed by atoms with Crippen LogP contribution >= 0.6 is 11.6 Å². The average Bonchev–Trinajstić information content (AvgIpc) is 2.63. The third-order valence-electron chi connectivity index (χ3n) is 3.91. The third-order valence-corrected chi connectivity index (χ3v) is 4.17. The number of hydrogen-bond donors (Lipinski definition) is 1. The molecule has 0 aromatic heterocycles. The van der Waals surface area contributed by atoms with Crippen molar-refractivity contribution in [1.29, 1.82) is 0 Å². The van der Waals surface area contributed by atoms with Gasteiger partial charge in [0.1, 0.15) is 5.75 Å². The molecule has 0 aliphatic carbocycles. The van der Waals surface area contributed by atoms with E-state index in [1.165, 1.54) is 0 Å². The third kappa shape index (κ3) is 6.41. The number of aryl methyl sites for hydroxylation is 1. The summed E-state index contributed by atoms with van der Waals surface area (Å²) < 4.78 is 10.4. The lowest BCUT2D eigenvalue weighted by Gasteiger charge is -2.10. The van der Waals surface area contributed by atoms with Crippen molar-refractivity contribution >= 4 is 23.5 Å². The number of carbonyl (C=O) groups is 2. The molecular formula is C20H22ClNO4. The highest BCUT2D eigenvalue weighted by Gasteiger charge is 2.09. The highest BCUT2D eigenvalue weighted by Crippen LogP contribution is 2.20. The molecule has 0 aliphatic heterocycles. The van der Waals surface area contributed by atoms with E-state index in [-0.39, 0.29) is 19.1 Å². The van der Waals surface area contributed by atoms with Crippen molar-refractivity contribution in [2.75, 3.05) is 19.8 Å². The van der Waals surface area contributed by atoms with Gasteiger partial charge in [0.05, 0.1) is 0 Å². The van der Waals surface area contributed by atoms with Gasteiger partial charge in [-0.15, -0.1) is 0 Å². The van der Waals surface area contributed by atoms with Crippen molar-refractivity contribution in [2.45, 2.75) is 20.3 Å². The first kappa shape index (κ1) is 19.8. The Hall–Kier alpha value is -2.53. The summed E-state index contributed by atoms with van der Waals surface area (Å²) in [5.74, 6) is -0.299. The number of nitrogens with one attached hydrogen (secondary N) is 1. The van der Waals surface area contributed by atoms with Crippen LogP contribution in [0.15, 0.2) is 42.5 Å². The van der Waals surface area contributed by atoms with E-state index in [2.05, 4.69) is 5.32 Å². The van der Waals surface area contributed by atoms with E-state index in [0.717, 1.165) is 16.7 Å². The van der Waals surface area contributed by atoms with Crippen LogP contribution in [0, 0.1) is 13.8 Å². The fraction of sp³-hybridized carbons (Fsp3) is 0.300. The van der Waals surface area contributed by atoms with Crippen molar-refractivity contribution in [3.05, 3.63) is 64.2 Å². The highest BCUT2D eigenvalue weighted by molar-refractivity contribution is 6.30. The second kappa shape index (κ2) is 9.82. The Morgan fingerprint density at radius 1 is 1.04 bits per heavy atom. The molecule has 2 rings (SSSR count). The van der Waals surface area contributed by atoms with Crippen molar-refractivity contribution in [3.63, 3.8) is 0 Å². The van der Waals surface area contributed by atoms with Gasteiger partial charge in [-0.1, -0.05) is 35.9 Å². The van der Waals surface area contributed by atoms with E-state index >= 15 is 0 Å². The van der Waals surface area contributed by atoms with Gasteiger partial charge in [-0.05, 0) is 55.2 Å². The lowest BCUT2D eigenvalue weighted by Crippen LogP contribution is -2.31. The van der Waals surface area contributed by atoms with E-state index in [9.17, 15) is 9.59 Å². The second-order valence-corrected chi connectivity index (χ2v) is 6.31. The van der Waals surface area contributed by atoms with Gasteiger partial charge < -0.3 is 14.8 Å². The van der Waals surface area contributed by atoms with Crippen LogP contribution in [-0.2, 0) is 20.7 Å². The number of rotatable bonds is 8. The largest absolute Gasteiger partial charge is 0.482 e. The minimum absolute atomic E-state index is 0.234. The van der Waals surface area contributed by atoms with Crippen molar-refractivity contribution in [1.82, 2.24) is 5.32 Å². The molecule has 0 heterocycles. The zero-order valence-electron chi connectivity index (χ0n) is 14.9. The molecule has 0 aliphatic rings. The maximum atomic E-state index is 11.7. The summed E-state index contributed by atoms with van der Waals surface area (Å²) >= 11 is 5.82. The SMILES string of the molecule is Cc1cccc(OCC(=O)OCC(=O)NCCc2ccc(Cl)cc2)c1C. The highest BCUT2D eigenvalue weighted by atomic mass is 35.5. The summed E-state index contributed by atoms with van der Waals surface area (Å²) in [6.45, 7) is 3.79. The molecule has 1 amide bonds. The van der Waals surface area contributed by atoms with Gasteiger partial charge in [0.25, 0.3) is 5.91 Å². The summed E-state index contributed by atoms with van der Waals surface area (Å²) in [6.07, 6.45) is 0.673. The fourth-order valence-corrected chi connectivity index (χ4v) is 2.38. The maximum Gasteiger partial charge on any atom is 0.344 e. The molecule has 6 heteroatoms. The lowest BCUT2D eigenvalue weighted by molar-refractivity contribution is -0.150. The minimum Gasteiger partial charge on any atom is -0.482 e. The van der Waals surface area contributed by atoms with E-state index in [4.69, 9.17) is 21.1 Å². The normalized spacial score (nSPS) is 10.3. The molecule has 1 N–H and O–H groups in total. The van der Waals surface area contributed by atoms with E-state index in [1.807, 2.05) is 38.1 Å². The molecule has 0 unspecified atom stereocenters. The van der Waals surface area contributed by atoms with E-state index in [1.54, 1.807) is 18.2 Å². The number of esters is 1. The van der Waals surface area contributed by atoms with Crippen LogP contribution in [0.2, 0.25) is 5.02 Å². The smallest absolute Gasteiger partial charge is 0.344 e. The topological polar surface area (TPSA) is 64.6 Å². The Bertz CT molecular complexity index is 759. The summed E-state index contributed by atoms with van der Waals surface area (Å²) in [5, 5.41) is 3.38. The van der Waals surface area contributed by atoms with Crippen LogP contribution in [0.4, 0.5) is 0 Å². The predicted molar refractivity (Wildman–Crippen MR) is 101 cm³/mol. The Morgan fingerprint density at radius 3 is 2.50 bits per heavy atom. The van der Waals surface area contributed by atoms with Crippen molar-refractivity contribution in [2.24, 2.45) is 0 Å². The first-order valence-corrected chi connectivity index (χ1v) is 8.69. The fourth-order valence-electron chi connectivity index (χ4n) is 2.25. The number of halogens is 1. The minimum atomic E-state index is -0.584. The summed E-state index contributed by atoms with van der Waals surface area (Å²) in [4.78, 5) is 23.4. The van der Waals surface area contributed by atoms with Gasteiger partial charge in [-0.2, -0.15) is 0 Å². The quantitative estimate of drug-likeness (QED) is 0.719. The number of carbonyl (C=O) groups excluding carboxylic acids is 2. The van der Waals surface area contributed by atoms with Crippen LogP contribution in [0.5, 0.6) is 5.75 Å². The molecule has 5 nitrogen and oxygen atoms in total. The molecular weight excluding hydrogens is 354 g/mol. The molecule has 0 bridgehead atoms. The molecule has 2 aromatic rings. The maximum absolute atomic E-state index is 11.7. The van der Waals surface area contributed by atoms with Crippen LogP contribution in [0.25, 0.3) is 0 Å². The number of hydrogen-bond acceptors (Lipinski definition) is 4. The second-order valence-electron chi connectivity index (χ2n) is 5.87. The Morgan fingerprint density at radius 2 is 1.77 bits per heavy atom. The Labute approximate surface area is 158 Å². The zero-order chi connectivity index (χ0) is 18.9. The van der Waals surface area contributed by atoms with Gasteiger partial charge >= 0.3 is 5.97 Å². The van der Waals surface area contributed by atoms with Crippen LogP contribution in [-0.4, -0.2) is 31.6 Å². The van der Waals surface area contributed by atoms with Crippen LogP contribution in [0.1, 0.15) is 16.7 Å². The van der Waals surface area contributed by atoms with Crippen LogP contribution < -0.4 is 10.1 Å². The number of benzene rings is 2. The summed E-state index contributed by atoms with van der Waals surface area (Å²) in [7, 11) is 0. The van der Waals surface area contributed by atoms with Gasteiger partial charge in [0.15, 0.2) is 13.2 Å². The lowest BCUT2D eigenvalue weighted by atomic mass is 10.1. The molecule has 2 aromatic carbocycles. The number of ether oxygens (including phenoxy) is 2. The van der Waals surface area contributed by atoms with Gasteiger partial charge in [0, 0.05) is 11.6 Å². The molecule has 0 saturated carbocycles. The molecule has 0 saturated heterocycles. The van der Waals surface area contributed by atoms with Gasteiger partial charge in [-0.25, -0.2) is 4.79 Å². The van der Waals surface area contributed by atoms with Crippen LogP contribution in [0.3, 0.4) is 0 Å². The molecule has 0 atom stereocenters. The van der Waals surface area contributed by atoms with E-state index < -0.39 is 5.97 Å². The van der Waals surface area contributed by atoms with Crippen molar-refractivity contribution in [3.8, 4) is 5.75 Å². The molecule has 138 valence electrons. The Balaban J connectivity index is 1.64. The van der Waals surface area contributed by atoms with E-state index in [0.29, 0.717) is 23.7 Å². The molecule has 0 spiro atoms. The van der Waals surface area contributed by atoms with Crippen molar-refractivity contribution < 1.29 is 19.1 Å². The van der Waals surface area contributed by atoms with Gasteiger partial charge in [-0.3, -0.25) is 4.79 Å².